The molecule has 0 spiro atoms. The number of ether oxygens (including phenoxy) is 3. The van der Waals surface area contributed by atoms with Gasteiger partial charge in [-0.3, -0.25) is 14.5 Å². The van der Waals surface area contributed by atoms with Crippen LogP contribution >= 0.6 is 24.0 Å². The van der Waals surface area contributed by atoms with E-state index < -0.39 is 0 Å². The molecule has 1 N–H and O–H groups in total. The van der Waals surface area contributed by atoms with Crippen molar-refractivity contribution in [1.82, 2.24) is 0 Å². The number of nitrogens with one attached hydrogen (secondary N) is 1. The summed E-state index contributed by atoms with van der Waals surface area (Å²) >= 11 is 6.71. The molecule has 3 aromatic carbocycles. The SMILES string of the molecule is CCOc1cc(/C=C2\SC(=S)N(c3ccc(OC)cc3)C2=O)ccc1OCC(=O)Nc1ccc(CC)cc1. The molecule has 0 unspecified atom stereocenters. The standard InChI is InChI=1S/C29H28N2O5S2/c1-4-19-6-9-21(10-7-19)30-27(32)18-36-24-15-8-20(16-25(24)35-5-2)17-26-28(33)31(29(37)38-26)22-11-13-23(34-3)14-12-22/h6-17H,4-5,18H2,1-3H3,(H,30,32)/b26-17-. The highest BCUT2D eigenvalue weighted by atomic mass is 32.2. The van der Waals surface area contributed by atoms with Gasteiger partial charge in [-0.1, -0.05) is 49.1 Å². The first-order valence-electron chi connectivity index (χ1n) is 12.1. The molecule has 1 fully saturated rings. The average Bonchev–Trinajstić information content (AvgIpc) is 3.21. The van der Waals surface area contributed by atoms with Gasteiger partial charge in [0.25, 0.3) is 11.8 Å². The Morgan fingerprint density at radius 2 is 1.74 bits per heavy atom. The fourth-order valence-corrected chi connectivity index (χ4v) is 5.04. The predicted octanol–water partition coefficient (Wildman–Crippen LogP) is 6.08. The van der Waals surface area contributed by atoms with E-state index in [0.29, 0.717) is 44.5 Å². The Bertz CT molecular complexity index is 1350. The molecule has 196 valence electrons. The fourth-order valence-electron chi connectivity index (χ4n) is 3.74. The third-order valence-electron chi connectivity index (χ3n) is 5.69. The number of thiocarbonyl (C=S) groups is 1. The van der Waals surface area contributed by atoms with Gasteiger partial charge >= 0.3 is 0 Å². The van der Waals surface area contributed by atoms with Crippen molar-refractivity contribution in [3.05, 3.63) is 82.8 Å². The monoisotopic (exact) mass is 548 g/mol. The number of benzene rings is 3. The van der Waals surface area contributed by atoms with E-state index >= 15 is 0 Å². The van der Waals surface area contributed by atoms with Crippen molar-refractivity contribution >= 4 is 57.6 Å². The molecule has 3 aromatic rings. The van der Waals surface area contributed by atoms with Crippen molar-refractivity contribution in [1.29, 1.82) is 0 Å². The predicted molar refractivity (Wildman–Crippen MR) is 156 cm³/mol. The maximum Gasteiger partial charge on any atom is 0.270 e. The highest BCUT2D eigenvalue weighted by molar-refractivity contribution is 8.27. The summed E-state index contributed by atoms with van der Waals surface area (Å²) in [4.78, 5) is 27.5. The molecule has 1 saturated heterocycles. The third kappa shape index (κ3) is 6.54. The number of anilines is 2. The number of hydrogen-bond donors (Lipinski definition) is 1. The van der Waals surface area contributed by atoms with E-state index in [4.69, 9.17) is 26.4 Å². The van der Waals surface area contributed by atoms with E-state index in [1.807, 2.05) is 31.2 Å². The number of carbonyl (C=O) groups excluding carboxylic acids is 2. The van der Waals surface area contributed by atoms with Gasteiger partial charge in [0.1, 0.15) is 5.75 Å². The van der Waals surface area contributed by atoms with Crippen LogP contribution in [0.2, 0.25) is 0 Å². The molecular weight excluding hydrogens is 520 g/mol. The minimum Gasteiger partial charge on any atom is -0.497 e. The van der Waals surface area contributed by atoms with E-state index in [2.05, 4.69) is 12.2 Å². The molecule has 0 radical (unpaired) electrons. The quantitative estimate of drug-likeness (QED) is 0.243. The smallest absolute Gasteiger partial charge is 0.270 e. The molecule has 9 heteroatoms. The fraction of sp³-hybridized carbons (Fsp3) is 0.207. The van der Waals surface area contributed by atoms with Crippen LogP contribution in [0.3, 0.4) is 0 Å². The van der Waals surface area contributed by atoms with Crippen molar-refractivity contribution in [3.63, 3.8) is 0 Å². The summed E-state index contributed by atoms with van der Waals surface area (Å²) in [5, 5.41) is 2.83. The number of thioether (sulfide) groups is 1. The molecule has 0 saturated carbocycles. The number of amides is 2. The molecule has 0 aromatic heterocycles. The lowest BCUT2D eigenvalue weighted by atomic mass is 10.1. The van der Waals surface area contributed by atoms with Gasteiger partial charge in [-0.2, -0.15) is 0 Å². The van der Waals surface area contributed by atoms with Gasteiger partial charge in [0.2, 0.25) is 0 Å². The van der Waals surface area contributed by atoms with Gasteiger partial charge in [0.15, 0.2) is 22.4 Å². The van der Waals surface area contributed by atoms with E-state index in [1.165, 1.54) is 22.2 Å². The van der Waals surface area contributed by atoms with Gasteiger partial charge in [-0.05, 0) is 79.1 Å². The van der Waals surface area contributed by atoms with Crippen LogP contribution in [0.1, 0.15) is 25.0 Å². The van der Waals surface area contributed by atoms with Crippen molar-refractivity contribution in [2.75, 3.05) is 30.5 Å². The maximum atomic E-state index is 13.1. The Labute approximate surface area is 231 Å². The summed E-state index contributed by atoms with van der Waals surface area (Å²) in [6, 6.07) is 20.2. The highest BCUT2D eigenvalue weighted by Crippen LogP contribution is 2.37. The Kier molecular flexibility index (Phi) is 9.04. The summed E-state index contributed by atoms with van der Waals surface area (Å²) in [7, 11) is 1.59. The topological polar surface area (TPSA) is 77.1 Å². The van der Waals surface area contributed by atoms with Crippen LogP contribution in [0.4, 0.5) is 11.4 Å². The highest BCUT2D eigenvalue weighted by Gasteiger charge is 2.33. The summed E-state index contributed by atoms with van der Waals surface area (Å²) in [6.07, 6.45) is 2.70. The molecule has 0 aliphatic carbocycles. The molecule has 38 heavy (non-hydrogen) atoms. The minimum atomic E-state index is -0.275. The molecular formula is C29H28N2O5S2. The van der Waals surface area contributed by atoms with Gasteiger partial charge < -0.3 is 19.5 Å². The van der Waals surface area contributed by atoms with Crippen molar-refractivity contribution in [3.8, 4) is 17.2 Å². The molecule has 1 aliphatic rings. The molecule has 0 bridgehead atoms. The zero-order chi connectivity index (χ0) is 27.1. The van der Waals surface area contributed by atoms with Crippen LogP contribution in [-0.4, -0.2) is 36.5 Å². The number of nitrogens with zero attached hydrogens (tertiary/aromatic N) is 1. The van der Waals surface area contributed by atoms with Crippen LogP contribution < -0.4 is 24.4 Å². The van der Waals surface area contributed by atoms with E-state index in [1.54, 1.807) is 55.7 Å². The zero-order valence-electron chi connectivity index (χ0n) is 21.4. The Balaban J connectivity index is 1.45. The van der Waals surface area contributed by atoms with Crippen LogP contribution in [0, 0.1) is 0 Å². The largest absolute Gasteiger partial charge is 0.497 e. The Hall–Kier alpha value is -3.82. The molecule has 4 rings (SSSR count). The lowest BCUT2D eigenvalue weighted by molar-refractivity contribution is -0.118. The van der Waals surface area contributed by atoms with Crippen molar-refractivity contribution in [2.24, 2.45) is 0 Å². The summed E-state index contributed by atoms with van der Waals surface area (Å²) in [6.45, 7) is 4.18. The van der Waals surface area contributed by atoms with Gasteiger partial charge in [-0.25, -0.2) is 0 Å². The Morgan fingerprint density at radius 3 is 2.39 bits per heavy atom. The van der Waals surface area contributed by atoms with Crippen molar-refractivity contribution < 1.29 is 23.8 Å². The molecule has 2 amide bonds. The van der Waals surface area contributed by atoms with E-state index in [0.717, 1.165) is 12.0 Å². The normalized spacial score (nSPS) is 14.1. The summed E-state index contributed by atoms with van der Waals surface area (Å²) < 4.78 is 17.2. The lowest BCUT2D eigenvalue weighted by Crippen LogP contribution is -2.27. The van der Waals surface area contributed by atoms with Gasteiger partial charge in [-0.15, -0.1) is 0 Å². The second-order valence-corrected chi connectivity index (χ2v) is 9.92. The minimum absolute atomic E-state index is 0.171. The third-order valence-corrected chi connectivity index (χ3v) is 7.00. The summed E-state index contributed by atoms with van der Waals surface area (Å²) in [5.41, 5.74) is 3.33. The number of carbonyl (C=O) groups is 2. The molecule has 1 heterocycles. The van der Waals surface area contributed by atoms with Crippen molar-refractivity contribution in [2.45, 2.75) is 20.3 Å². The number of aryl methyl sites for hydroxylation is 1. The first-order valence-corrected chi connectivity index (χ1v) is 13.3. The van der Waals surface area contributed by atoms with Gasteiger partial charge in [0.05, 0.1) is 24.3 Å². The van der Waals surface area contributed by atoms with Crippen LogP contribution in [0.25, 0.3) is 6.08 Å². The van der Waals surface area contributed by atoms with Crippen LogP contribution in [-0.2, 0) is 16.0 Å². The van der Waals surface area contributed by atoms with E-state index in [-0.39, 0.29) is 18.4 Å². The second-order valence-electron chi connectivity index (χ2n) is 8.24. The Morgan fingerprint density at radius 1 is 1.00 bits per heavy atom. The lowest BCUT2D eigenvalue weighted by Gasteiger charge is -2.15. The van der Waals surface area contributed by atoms with E-state index in [9.17, 15) is 9.59 Å². The number of rotatable bonds is 10. The molecule has 7 nitrogen and oxygen atoms in total. The molecule has 0 atom stereocenters. The zero-order valence-corrected chi connectivity index (χ0v) is 23.0. The van der Waals surface area contributed by atoms with Gasteiger partial charge in [0, 0.05) is 5.69 Å². The average molecular weight is 549 g/mol. The first-order chi connectivity index (χ1) is 18.4. The second kappa shape index (κ2) is 12.6. The first kappa shape index (κ1) is 27.2. The molecule has 1 aliphatic heterocycles. The number of methoxy groups -OCH3 is 1. The van der Waals surface area contributed by atoms with Crippen LogP contribution in [0.15, 0.2) is 71.6 Å². The van der Waals surface area contributed by atoms with Crippen LogP contribution in [0.5, 0.6) is 17.2 Å². The summed E-state index contributed by atoms with van der Waals surface area (Å²) in [5.74, 6) is 1.14. The number of hydrogen-bond acceptors (Lipinski definition) is 7. The maximum absolute atomic E-state index is 13.1.